The zero-order valence-corrected chi connectivity index (χ0v) is 23.6. The SMILES string of the molecule is COCCNC(=O)CN1C(=O)CSC(c2ccc(F)cc2)c2c(-c3ccc(Cl)cc3)nn(-c3ccc(C)cc3)c21. The third-order valence-electron chi connectivity index (χ3n) is 6.59. The fraction of sp³-hybridized carbons (Fsp3) is 0.233. The van der Waals surface area contributed by atoms with Crippen molar-refractivity contribution in [2.75, 3.05) is 37.5 Å². The summed E-state index contributed by atoms with van der Waals surface area (Å²) in [5, 5.41) is 8.08. The predicted molar refractivity (Wildman–Crippen MR) is 157 cm³/mol. The maximum atomic E-state index is 13.9. The van der Waals surface area contributed by atoms with E-state index in [2.05, 4.69) is 5.32 Å². The molecule has 206 valence electrons. The lowest BCUT2D eigenvalue weighted by molar-refractivity contribution is -0.123. The highest BCUT2D eigenvalue weighted by Crippen LogP contribution is 2.48. The molecule has 1 unspecified atom stereocenters. The first-order chi connectivity index (χ1) is 19.4. The second-order valence-electron chi connectivity index (χ2n) is 9.41. The van der Waals surface area contributed by atoms with Crippen molar-refractivity contribution in [3.05, 3.63) is 100 Å². The molecule has 0 spiro atoms. The third-order valence-corrected chi connectivity index (χ3v) is 8.09. The van der Waals surface area contributed by atoms with Crippen LogP contribution in [0, 0.1) is 12.7 Å². The van der Waals surface area contributed by atoms with Gasteiger partial charge in [-0.15, -0.1) is 11.8 Å². The van der Waals surface area contributed by atoms with E-state index in [1.54, 1.807) is 36.1 Å². The molecule has 4 aromatic rings. The van der Waals surface area contributed by atoms with Gasteiger partial charge in [-0.05, 0) is 48.9 Å². The summed E-state index contributed by atoms with van der Waals surface area (Å²) in [6.45, 7) is 2.48. The molecule has 5 rings (SSSR count). The van der Waals surface area contributed by atoms with Gasteiger partial charge in [0.2, 0.25) is 11.8 Å². The van der Waals surface area contributed by atoms with Crippen molar-refractivity contribution in [3.63, 3.8) is 0 Å². The summed E-state index contributed by atoms with van der Waals surface area (Å²) in [5.74, 6) is -0.267. The van der Waals surface area contributed by atoms with Gasteiger partial charge in [0.25, 0.3) is 0 Å². The Morgan fingerprint density at radius 1 is 1.10 bits per heavy atom. The summed E-state index contributed by atoms with van der Waals surface area (Å²) in [5.41, 5.74) is 4.85. The average Bonchev–Trinajstić information content (AvgIpc) is 3.27. The lowest BCUT2D eigenvalue weighted by Crippen LogP contribution is -2.43. The van der Waals surface area contributed by atoms with Crippen molar-refractivity contribution in [1.82, 2.24) is 15.1 Å². The van der Waals surface area contributed by atoms with Gasteiger partial charge in [-0.3, -0.25) is 14.5 Å². The molecular formula is C30H28ClFN4O3S. The normalized spacial score (nSPS) is 15.1. The number of nitrogens with zero attached hydrogens (tertiary/aromatic N) is 3. The van der Waals surface area contributed by atoms with E-state index in [1.165, 1.54) is 28.8 Å². The summed E-state index contributed by atoms with van der Waals surface area (Å²) in [7, 11) is 1.56. The van der Waals surface area contributed by atoms with Crippen molar-refractivity contribution in [2.24, 2.45) is 0 Å². The Balaban J connectivity index is 1.75. The molecule has 0 radical (unpaired) electrons. The maximum Gasteiger partial charge on any atom is 0.240 e. The summed E-state index contributed by atoms with van der Waals surface area (Å²) >= 11 is 7.63. The minimum atomic E-state index is -0.356. The van der Waals surface area contributed by atoms with Crippen LogP contribution in [0.5, 0.6) is 0 Å². The molecule has 0 bridgehead atoms. The van der Waals surface area contributed by atoms with Gasteiger partial charge in [0.1, 0.15) is 18.2 Å². The molecule has 0 aliphatic carbocycles. The number of thioether (sulfide) groups is 1. The van der Waals surface area contributed by atoms with Crippen LogP contribution in [0.1, 0.15) is 21.9 Å². The monoisotopic (exact) mass is 578 g/mol. The standard InChI is InChI=1S/C30H28ClFN4O3S/c1-19-3-13-24(14-4-19)36-30-27(28(34-36)20-5-9-22(31)10-6-20)29(21-7-11-23(32)12-8-21)40-18-26(38)35(30)17-25(37)33-15-16-39-2/h3-14,29H,15-18H2,1-2H3,(H,33,37). The first-order valence-corrected chi connectivity index (χ1v) is 14.2. The van der Waals surface area contributed by atoms with E-state index in [-0.39, 0.29) is 35.2 Å². The molecule has 1 aliphatic rings. The Morgan fingerprint density at radius 2 is 1.80 bits per heavy atom. The Kier molecular flexibility index (Phi) is 8.54. The molecule has 1 atom stereocenters. The van der Waals surface area contributed by atoms with Crippen molar-refractivity contribution < 1.29 is 18.7 Å². The van der Waals surface area contributed by atoms with Gasteiger partial charge >= 0.3 is 0 Å². The number of anilines is 1. The molecule has 2 heterocycles. The molecule has 3 aromatic carbocycles. The summed E-state index contributed by atoms with van der Waals surface area (Å²) in [4.78, 5) is 28.2. The second kappa shape index (κ2) is 12.2. The number of carbonyl (C=O) groups is 2. The molecule has 40 heavy (non-hydrogen) atoms. The predicted octanol–water partition coefficient (Wildman–Crippen LogP) is 5.57. The van der Waals surface area contributed by atoms with E-state index in [1.807, 2.05) is 43.3 Å². The van der Waals surface area contributed by atoms with Crippen LogP contribution in [-0.4, -0.2) is 54.2 Å². The molecule has 0 saturated heterocycles. The number of carbonyl (C=O) groups excluding carboxylic acids is 2. The van der Waals surface area contributed by atoms with Crippen LogP contribution in [0.2, 0.25) is 5.02 Å². The van der Waals surface area contributed by atoms with Gasteiger partial charge in [-0.25, -0.2) is 9.07 Å². The zero-order valence-electron chi connectivity index (χ0n) is 22.1. The molecule has 7 nitrogen and oxygen atoms in total. The molecule has 0 fully saturated rings. The van der Waals surface area contributed by atoms with E-state index < -0.39 is 0 Å². The number of aryl methyl sites for hydroxylation is 1. The number of hydrogen-bond acceptors (Lipinski definition) is 5. The van der Waals surface area contributed by atoms with Crippen molar-refractivity contribution >= 4 is 41.0 Å². The first kappa shape index (κ1) is 27.9. The Morgan fingerprint density at radius 3 is 2.48 bits per heavy atom. The summed E-state index contributed by atoms with van der Waals surface area (Å²) in [6.07, 6.45) is 0. The number of rotatable bonds is 8. The quantitative estimate of drug-likeness (QED) is 0.277. The van der Waals surface area contributed by atoms with Gasteiger partial charge < -0.3 is 10.1 Å². The highest BCUT2D eigenvalue weighted by molar-refractivity contribution is 8.00. The van der Waals surface area contributed by atoms with Gasteiger partial charge in [0.15, 0.2) is 0 Å². The fourth-order valence-corrected chi connectivity index (χ4v) is 5.92. The zero-order chi connectivity index (χ0) is 28.2. The van der Waals surface area contributed by atoms with Crippen LogP contribution in [-0.2, 0) is 14.3 Å². The summed E-state index contributed by atoms with van der Waals surface area (Å²) in [6, 6.07) is 21.4. The third kappa shape index (κ3) is 5.91. The van der Waals surface area contributed by atoms with Crippen LogP contribution in [0.25, 0.3) is 16.9 Å². The van der Waals surface area contributed by atoms with E-state index in [0.29, 0.717) is 29.7 Å². The molecule has 1 aromatic heterocycles. The number of benzene rings is 3. The number of methoxy groups -OCH3 is 1. The highest BCUT2D eigenvalue weighted by atomic mass is 35.5. The largest absolute Gasteiger partial charge is 0.383 e. The van der Waals surface area contributed by atoms with Crippen LogP contribution in [0.4, 0.5) is 10.2 Å². The van der Waals surface area contributed by atoms with Gasteiger partial charge in [0.05, 0.1) is 29.0 Å². The fourth-order valence-electron chi connectivity index (χ4n) is 4.60. The van der Waals surface area contributed by atoms with Crippen LogP contribution in [0.3, 0.4) is 0 Å². The number of ether oxygens (including phenoxy) is 1. The number of halogens is 2. The number of aromatic nitrogens is 2. The molecule has 1 aliphatic heterocycles. The van der Waals surface area contributed by atoms with Gasteiger partial charge in [0, 0.05) is 29.8 Å². The minimum absolute atomic E-state index is 0.121. The smallest absolute Gasteiger partial charge is 0.240 e. The first-order valence-electron chi connectivity index (χ1n) is 12.7. The number of amides is 2. The molecular weight excluding hydrogens is 551 g/mol. The van der Waals surface area contributed by atoms with E-state index in [9.17, 15) is 14.0 Å². The van der Waals surface area contributed by atoms with E-state index >= 15 is 0 Å². The van der Waals surface area contributed by atoms with Gasteiger partial charge in [-0.1, -0.05) is 53.6 Å². The number of fused-ring (bicyclic) bond motifs is 1. The van der Waals surface area contributed by atoms with E-state index in [4.69, 9.17) is 21.4 Å². The van der Waals surface area contributed by atoms with Gasteiger partial charge in [-0.2, -0.15) is 5.10 Å². The highest BCUT2D eigenvalue weighted by Gasteiger charge is 2.37. The Labute approximate surface area is 241 Å². The average molecular weight is 579 g/mol. The van der Waals surface area contributed by atoms with Crippen molar-refractivity contribution in [3.8, 4) is 16.9 Å². The van der Waals surface area contributed by atoms with E-state index in [0.717, 1.165) is 27.9 Å². The lowest BCUT2D eigenvalue weighted by atomic mass is 9.99. The van der Waals surface area contributed by atoms with Crippen LogP contribution >= 0.6 is 23.4 Å². The van der Waals surface area contributed by atoms with Crippen molar-refractivity contribution in [1.29, 1.82) is 0 Å². The summed E-state index contributed by atoms with van der Waals surface area (Å²) < 4.78 is 20.7. The number of hydrogen-bond donors (Lipinski definition) is 1. The van der Waals surface area contributed by atoms with Crippen molar-refractivity contribution in [2.45, 2.75) is 12.2 Å². The maximum absolute atomic E-state index is 13.9. The van der Waals surface area contributed by atoms with Crippen LogP contribution < -0.4 is 10.2 Å². The Bertz CT molecular complexity index is 1510. The molecule has 2 amide bonds. The minimum Gasteiger partial charge on any atom is -0.383 e. The van der Waals surface area contributed by atoms with Crippen LogP contribution in [0.15, 0.2) is 72.8 Å². The lowest BCUT2D eigenvalue weighted by Gasteiger charge is -2.23. The topological polar surface area (TPSA) is 76.5 Å². The second-order valence-corrected chi connectivity index (χ2v) is 10.9. The number of nitrogens with one attached hydrogen (secondary N) is 1. The molecule has 1 N–H and O–H groups in total. The molecule has 0 saturated carbocycles. The molecule has 10 heteroatoms. The Hall–Kier alpha value is -3.66.